The van der Waals surface area contributed by atoms with Gasteiger partial charge in [-0.1, -0.05) is 23.8 Å². The molecule has 0 saturated carbocycles. The summed E-state index contributed by atoms with van der Waals surface area (Å²) in [6.07, 6.45) is 1.37. The Morgan fingerprint density at radius 1 is 1.21 bits per heavy atom. The number of rotatable bonds is 5. The number of hydrogen-bond donors (Lipinski definition) is 3. The number of benzene rings is 2. The summed E-state index contributed by atoms with van der Waals surface area (Å²) < 4.78 is 20.9. The highest BCUT2D eigenvalue weighted by atomic mass is 19.1. The maximum absolute atomic E-state index is 15.4. The van der Waals surface area contributed by atoms with Crippen LogP contribution in [0.25, 0.3) is 10.9 Å². The smallest absolute Gasteiger partial charge is 0.257 e. The zero-order valence-corrected chi connectivity index (χ0v) is 20.2. The second-order valence-corrected chi connectivity index (χ2v) is 9.18. The predicted molar refractivity (Wildman–Crippen MR) is 132 cm³/mol. The minimum atomic E-state index is -0.552. The van der Waals surface area contributed by atoms with Crippen molar-refractivity contribution in [3.8, 4) is 5.75 Å². The van der Waals surface area contributed by atoms with Gasteiger partial charge in [0, 0.05) is 37.9 Å². The number of pyridine rings is 1. The number of aromatic amines is 1. The number of fused-ring (bicyclic) bond motifs is 1. The average molecular weight is 467 g/mol. The Morgan fingerprint density at radius 3 is 2.56 bits per heavy atom. The number of aryl methyl sites for hydroxylation is 2. The molecule has 8 heteroatoms. The van der Waals surface area contributed by atoms with Crippen LogP contribution >= 0.6 is 0 Å². The quantitative estimate of drug-likeness (QED) is 0.537. The van der Waals surface area contributed by atoms with E-state index >= 15 is 4.39 Å². The van der Waals surface area contributed by atoms with Crippen LogP contribution in [0.5, 0.6) is 5.75 Å². The first kappa shape index (κ1) is 23.8. The summed E-state index contributed by atoms with van der Waals surface area (Å²) in [5.74, 6) is -0.809. The van der Waals surface area contributed by atoms with Crippen LogP contribution in [-0.4, -0.2) is 43.2 Å². The summed E-state index contributed by atoms with van der Waals surface area (Å²) in [7, 11) is 1.45. The second kappa shape index (κ2) is 9.46. The van der Waals surface area contributed by atoms with Crippen molar-refractivity contribution in [1.82, 2.24) is 15.6 Å². The number of halogens is 1. The van der Waals surface area contributed by atoms with Gasteiger partial charge in [-0.2, -0.15) is 0 Å². The van der Waals surface area contributed by atoms with Gasteiger partial charge in [0.2, 0.25) is 5.43 Å². The SMILES string of the molecule is COc1c(N2CC(C)NC(C)C2)c(F)cc2c(=O)c(C(=O)NCc3ccc(C)cc3C)c[nH]c12. The molecule has 0 bridgehead atoms. The fourth-order valence-corrected chi connectivity index (χ4v) is 4.78. The van der Waals surface area contributed by atoms with Crippen molar-refractivity contribution in [1.29, 1.82) is 0 Å². The highest BCUT2D eigenvalue weighted by Crippen LogP contribution is 2.37. The van der Waals surface area contributed by atoms with E-state index in [-0.39, 0.29) is 28.8 Å². The van der Waals surface area contributed by atoms with Gasteiger partial charge in [-0.15, -0.1) is 0 Å². The highest BCUT2D eigenvalue weighted by Gasteiger charge is 2.28. The molecule has 2 aromatic carbocycles. The number of carbonyl (C=O) groups is 1. The number of methoxy groups -OCH3 is 1. The average Bonchev–Trinajstić information content (AvgIpc) is 2.77. The van der Waals surface area contributed by atoms with Gasteiger partial charge in [0.25, 0.3) is 5.91 Å². The number of nitrogens with zero attached hydrogens (tertiary/aromatic N) is 1. The van der Waals surface area contributed by atoms with Crippen molar-refractivity contribution in [3.63, 3.8) is 0 Å². The minimum Gasteiger partial charge on any atom is -0.492 e. The first-order valence-electron chi connectivity index (χ1n) is 11.5. The molecule has 34 heavy (non-hydrogen) atoms. The first-order valence-corrected chi connectivity index (χ1v) is 11.5. The number of aromatic nitrogens is 1. The lowest BCUT2D eigenvalue weighted by molar-refractivity contribution is 0.0949. The Kier molecular flexibility index (Phi) is 6.61. The van der Waals surface area contributed by atoms with Crippen molar-refractivity contribution >= 4 is 22.5 Å². The van der Waals surface area contributed by atoms with Gasteiger partial charge in [0.05, 0.1) is 18.0 Å². The molecule has 180 valence electrons. The van der Waals surface area contributed by atoms with Gasteiger partial charge >= 0.3 is 0 Å². The molecule has 4 rings (SSSR count). The van der Waals surface area contributed by atoms with Gasteiger partial charge < -0.3 is 25.3 Å². The van der Waals surface area contributed by atoms with Crippen molar-refractivity contribution < 1.29 is 13.9 Å². The number of nitrogens with one attached hydrogen (secondary N) is 3. The van der Waals surface area contributed by atoms with E-state index in [1.807, 2.05) is 50.8 Å². The standard InChI is InChI=1S/C26H31FN4O3/c1-14-6-7-18(15(2)8-14)10-29-26(33)20-11-28-22-19(24(20)32)9-21(27)23(25(22)34-5)31-12-16(3)30-17(4)13-31/h6-9,11,16-17,30H,10,12-13H2,1-5H3,(H,28,32)(H,29,33). The fraction of sp³-hybridized carbons (Fsp3) is 0.385. The van der Waals surface area contributed by atoms with E-state index in [1.165, 1.54) is 19.4 Å². The van der Waals surface area contributed by atoms with E-state index in [0.717, 1.165) is 16.7 Å². The summed E-state index contributed by atoms with van der Waals surface area (Å²) in [5.41, 5.74) is 3.23. The Balaban J connectivity index is 1.68. The summed E-state index contributed by atoms with van der Waals surface area (Å²) >= 11 is 0. The molecule has 7 nitrogen and oxygen atoms in total. The molecule has 3 aromatic rings. The summed E-state index contributed by atoms with van der Waals surface area (Å²) in [5, 5.41) is 6.30. The van der Waals surface area contributed by atoms with E-state index in [0.29, 0.717) is 30.8 Å². The number of H-pyrrole nitrogens is 1. The molecule has 2 heterocycles. The Labute approximate surface area is 198 Å². The van der Waals surface area contributed by atoms with Gasteiger partial charge in [-0.05, 0) is 44.9 Å². The van der Waals surface area contributed by atoms with Crippen molar-refractivity contribution in [2.24, 2.45) is 0 Å². The summed E-state index contributed by atoms with van der Waals surface area (Å²) in [6, 6.07) is 7.51. The Bertz CT molecular complexity index is 1290. The largest absolute Gasteiger partial charge is 0.492 e. The van der Waals surface area contributed by atoms with Crippen LogP contribution in [0.4, 0.5) is 10.1 Å². The molecule has 2 atom stereocenters. The Hall–Kier alpha value is -3.39. The fourth-order valence-electron chi connectivity index (χ4n) is 4.78. The molecule has 1 fully saturated rings. The van der Waals surface area contributed by atoms with E-state index in [2.05, 4.69) is 15.6 Å². The number of amides is 1. The molecule has 0 aliphatic carbocycles. The van der Waals surface area contributed by atoms with Gasteiger partial charge in [0.1, 0.15) is 11.3 Å². The molecular weight excluding hydrogens is 435 g/mol. The maximum atomic E-state index is 15.4. The number of anilines is 1. The normalized spacial score (nSPS) is 18.2. The number of carbonyl (C=O) groups excluding carboxylic acids is 1. The van der Waals surface area contributed by atoms with Crippen molar-refractivity contribution in [2.75, 3.05) is 25.1 Å². The molecular formula is C26H31FN4O3. The molecule has 3 N–H and O–H groups in total. The van der Waals surface area contributed by atoms with Crippen LogP contribution < -0.4 is 25.7 Å². The highest BCUT2D eigenvalue weighted by molar-refractivity contribution is 5.99. The van der Waals surface area contributed by atoms with Gasteiger partial charge in [-0.3, -0.25) is 9.59 Å². The van der Waals surface area contributed by atoms with E-state index in [1.54, 1.807) is 0 Å². The summed E-state index contributed by atoms with van der Waals surface area (Å²) in [4.78, 5) is 30.9. The van der Waals surface area contributed by atoms with Crippen LogP contribution in [0.3, 0.4) is 0 Å². The number of ether oxygens (including phenoxy) is 1. The lowest BCUT2D eigenvalue weighted by Gasteiger charge is -2.38. The Morgan fingerprint density at radius 2 is 1.91 bits per heavy atom. The molecule has 1 aromatic heterocycles. The van der Waals surface area contributed by atoms with E-state index in [4.69, 9.17) is 4.74 Å². The third-order valence-electron chi connectivity index (χ3n) is 6.32. The van der Waals surface area contributed by atoms with E-state index in [9.17, 15) is 9.59 Å². The topological polar surface area (TPSA) is 86.5 Å². The summed E-state index contributed by atoms with van der Waals surface area (Å²) in [6.45, 7) is 9.56. The van der Waals surface area contributed by atoms with Crippen LogP contribution in [-0.2, 0) is 6.54 Å². The molecule has 1 aliphatic heterocycles. The predicted octanol–water partition coefficient (Wildman–Crippen LogP) is 3.41. The van der Waals surface area contributed by atoms with Gasteiger partial charge in [0.15, 0.2) is 11.6 Å². The van der Waals surface area contributed by atoms with Crippen LogP contribution in [0.15, 0.2) is 35.3 Å². The molecule has 2 unspecified atom stereocenters. The van der Waals surface area contributed by atoms with Crippen LogP contribution in [0.2, 0.25) is 0 Å². The number of hydrogen-bond acceptors (Lipinski definition) is 5. The molecule has 1 amide bonds. The van der Waals surface area contributed by atoms with Crippen molar-refractivity contribution in [3.05, 3.63) is 68.8 Å². The van der Waals surface area contributed by atoms with Crippen LogP contribution in [0, 0.1) is 19.7 Å². The zero-order valence-electron chi connectivity index (χ0n) is 20.2. The molecule has 0 spiro atoms. The minimum absolute atomic E-state index is 0.0733. The van der Waals surface area contributed by atoms with E-state index < -0.39 is 17.2 Å². The molecule has 1 aliphatic rings. The lowest BCUT2D eigenvalue weighted by atomic mass is 10.0. The monoisotopic (exact) mass is 466 g/mol. The molecule has 1 saturated heterocycles. The van der Waals surface area contributed by atoms with Crippen molar-refractivity contribution in [2.45, 2.75) is 46.3 Å². The zero-order chi connectivity index (χ0) is 24.6. The third-order valence-corrected chi connectivity index (χ3v) is 6.32. The second-order valence-electron chi connectivity index (χ2n) is 9.18. The molecule has 0 radical (unpaired) electrons. The number of piperazine rings is 1. The first-order chi connectivity index (χ1) is 16.2. The lowest BCUT2D eigenvalue weighted by Crippen LogP contribution is -2.54. The maximum Gasteiger partial charge on any atom is 0.257 e. The third kappa shape index (κ3) is 4.50. The van der Waals surface area contributed by atoms with Gasteiger partial charge in [-0.25, -0.2) is 4.39 Å². The van der Waals surface area contributed by atoms with Crippen LogP contribution in [0.1, 0.15) is 40.9 Å².